The van der Waals surface area contributed by atoms with Gasteiger partial charge in [0.2, 0.25) is 0 Å². The Balaban J connectivity index is 0.000000227. The Hall–Kier alpha value is -2.48. The van der Waals surface area contributed by atoms with E-state index < -0.39 is 0 Å². The monoisotopic (exact) mass is 466 g/mol. The molecule has 0 amide bonds. The smallest absolute Gasteiger partial charge is 0.126 e. The molecule has 0 atom stereocenters. The third-order valence-electron chi connectivity index (χ3n) is 6.18. The van der Waals surface area contributed by atoms with Gasteiger partial charge in [-0.1, -0.05) is 99.2 Å². The topological polar surface area (TPSA) is 0 Å². The van der Waals surface area contributed by atoms with E-state index in [2.05, 4.69) is 52.0 Å². The minimum Gasteiger partial charge on any atom is -0.207 e. The summed E-state index contributed by atoms with van der Waals surface area (Å²) < 4.78 is 25.2. The maximum Gasteiger partial charge on any atom is 0.126 e. The molecule has 0 spiro atoms. The average molecular weight is 467 g/mol. The lowest BCUT2D eigenvalue weighted by molar-refractivity contribution is 0.308. The predicted octanol–water partition coefficient (Wildman–Crippen LogP) is 10.0. The van der Waals surface area contributed by atoms with E-state index in [-0.39, 0.29) is 11.6 Å². The summed E-state index contributed by atoms with van der Waals surface area (Å²) in [5.74, 6) is 1.81. The van der Waals surface area contributed by atoms with Crippen molar-refractivity contribution in [1.29, 1.82) is 0 Å². The highest BCUT2D eigenvalue weighted by Gasteiger charge is 2.13. The van der Waals surface area contributed by atoms with E-state index in [1.807, 2.05) is 26.0 Å². The molecular formula is C32H44F2. The molecule has 1 saturated carbocycles. The van der Waals surface area contributed by atoms with E-state index in [9.17, 15) is 8.78 Å². The molecule has 186 valence electrons. The van der Waals surface area contributed by atoms with Crippen LogP contribution in [-0.2, 0) is 0 Å². The largest absolute Gasteiger partial charge is 0.207 e. The van der Waals surface area contributed by atoms with Gasteiger partial charge in [-0.2, -0.15) is 0 Å². The SMILES string of the molecule is CC1CCC(C)CC1.Cc1ccc(C)c(F)c1.Cc1ccc(C)c(F)c1.Cc1ccc(C)cc1. The summed E-state index contributed by atoms with van der Waals surface area (Å²) in [6.07, 6.45) is 5.89. The minimum atomic E-state index is -0.116. The first-order valence-electron chi connectivity index (χ1n) is 12.5. The summed E-state index contributed by atoms with van der Waals surface area (Å²) in [5.41, 5.74) is 6.02. The van der Waals surface area contributed by atoms with Gasteiger partial charge in [0.05, 0.1) is 0 Å². The lowest BCUT2D eigenvalue weighted by Gasteiger charge is -2.22. The van der Waals surface area contributed by atoms with Crippen molar-refractivity contribution < 1.29 is 8.78 Å². The van der Waals surface area contributed by atoms with E-state index in [1.54, 1.807) is 26.0 Å². The Morgan fingerprint density at radius 1 is 0.471 bits per heavy atom. The van der Waals surface area contributed by atoms with Crippen molar-refractivity contribution in [2.75, 3.05) is 0 Å². The van der Waals surface area contributed by atoms with Gasteiger partial charge >= 0.3 is 0 Å². The molecule has 2 heteroatoms. The summed E-state index contributed by atoms with van der Waals surface area (Å²) in [4.78, 5) is 0. The van der Waals surface area contributed by atoms with Crippen molar-refractivity contribution in [1.82, 2.24) is 0 Å². The number of hydrogen-bond acceptors (Lipinski definition) is 0. The molecule has 34 heavy (non-hydrogen) atoms. The second kappa shape index (κ2) is 15.4. The lowest BCUT2D eigenvalue weighted by Crippen LogP contribution is -2.08. The number of rotatable bonds is 0. The van der Waals surface area contributed by atoms with Crippen LogP contribution in [0.25, 0.3) is 0 Å². The average Bonchev–Trinajstić information content (AvgIpc) is 2.79. The van der Waals surface area contributed by atoms with Crippen molar-refractivity contribution >= 4 is 0 Å². The molecule has 0 N–H and O–H groups in total. The third kappa shape index (κ3) is 12.7. The molecule has 1 fully saturated rings. The molecule has 3 aromatic rings. The van der Waals surface area contributed by atoms with Crippen LogP contribution in [0.4, 0.5) is 8.78 Å². The van der Waals surface area contributed by atoms with Crippen LogP contribution in [0.15, 0.2) is 60.7 Å². The van der Waals surface area contributed by atoms with Crippen LogP contribution in [0.3, 0.4) is 0 Å². The summed E-state index contributed by atoms with van der Waals surface area (Å²) in [6, 6.07) is 18.9. The molecule has 0 unspecified atom stereocenters. The molecule has 0 aromatic heterocycles. The van der Waals surface area contributed by atoms with E-state index in [1.165, 1.54) is 48.9 Å². The van der Waals surface area contributed by atoms with E-state index in [0.29, 0.717) is 11.1 Å². The Bertz CT molecular complexity index is 884. The highest BCUT2D eigenvalue weighted by Crippen LogP contribution is 2.27. The quantitative estimate of drug-likeness (QED) is 0.309. The van der Waals surface area contributed by atoms with E-state index >= 15 is 0 Å². The van der Waals surface area contributed by atoms with Gasteiger partial charge in [-0.05, 0) is 87.8 Å². The standard InChI is InChI=1S/2C8H9F.C8H16.C8H10/c2*1-6-3-4-7(2)8(9)5-6;2*1-7-3-5-8(2)6-4-7/h2*3-5H,1-2H3;7-8H,3-6H2,1-2H3;3-6H,1-2H3. The Kier molecular flexibility index (Phi) is 13.4. The van der Waals surface area contributed by atoms with Gasteiger partial charge in [-0.25, -0.2) is 8.78 Å². The molecule has 0 nitrogen and oxygen atoms in total. The molecule has 0 saturated heterocycles. The summed E-state index contributed by atoms with van der Waals surface area (Å²) in [7, 11) is 0. The molecule has 0 bridgehead atoms. The molecule has 1 aliphatic carbocycles. The van der Waals surface area contributed by atoms with Crippen LogP contribution in [0.5, 0.6) is 0 Å². The van der Waals surface area contributed by atoms with Crippen LogP contribution in [0.2, 0.25) is 0 Å². The van der Waals surface area contributed by atoms with Crippen LogP contribution in [0, 0.1) is 65.0 Å². The van der Waals surface area contributed by atoms with Crippen LogP contribution in [0.1, 0.15) is 72.9 Å². The zero-order valence-electron chi connectivity index (χ0n) is 22.5. The van der Waals surface area contributed by atoms with Crippen molar-refractivity contribution in [2.45, 2.75) is 81.1 Å². The van der Waals surface area contributed by atoms with E-state index in [4.69, 9.17) is 0 Å². The normalized spacial score (nSPS) is 16.6. The molecule has 0 radical (unpaired) electrons. The maximum absolute atomic E-state index is 12.6. The fourth-order valence-electron chi connectivity index (χ4n) is 3.46. The van der Waals surface area contributed by atoms with Gasteiger partial charge in [0, 0.05) is 0 Å². The van der Waals surface area contributed by atoms with Gasteiger partial charge < -0.3 is 0 Å². The summed E-state index contributed by atoms with van der Waals surface area (Å²) in [5, 5.41) is 0. The molecule has 3 aromatic carbocycles. The predicted molar refractivity (Wildman–Crippen MR) is 144 cm³/mol. The second-order valence-electron chi connectivity index (χ2n) is 10.0. The van der Waals surface area contributed by atoms with Crippen LogP contribution < -0.4 is 0 Å². The molecule has 1 aliphatic rings. The van der Waals surface area contributed by atoms with Crippen molar-refractivity contribution in [2.24, 2.45) is 11.8 Å². The van der Waals surface area contributed by atoms with Crippen molar-refractivity contribution in [3.05, 3.63) is 106 Å². The van der Waals surface area contributed by atoms with Gasteiger partial charge in [0.1, 0.15) is 11.6 Å². The molecule has 0 heterocycles. The van der Waals surface area contributed by atoms with E-state index in [0.717, 1.165) is 23.0 Å². The second-order valence-corrected chi connectivity index (χ2v) is 10.0. The van der Waals surface area contributed by atoms with Crippen molar-refractivity contribution in [3.63, 3.8) is 0 Å². The van der Waals surface area contributed by atoms with Gasteiger partial charge in [0.25, 0.3) is 0 Å². The maximum atomic E-state index is 12.6. The Morgan fingerprint density at radius 2 is 0.735 bits per heavy atom. The molecular weight excluding hydrogens is 422 g/mol. The number of hydrogen-bond donors (Lipinski definition) is 0. The van der Waals surface area contributed by atoms with Crippen LogP contribution >= 0.6 is 0 Å². The van der Waals surface area contributed by atoms with Crippen LogP contribution in [-0.4, -0.2) is 0 Å². The molecule has 4 rings (SSSR count). The number of benzene rings is 3. The van der Waals surface area contributed by atoms with Crippen molar-refractivity contribution in [3.8, 4) is 0 Å². The molecule has 0 aliphatic heterocycles. The van der Waals surface area contributed by atoms with Gasteiger partial charge in [-0.15, -0.1) is 0 Å². The first-order chi connectivity index (χ1) is 16.0. The lowest BCUT2D eigenvalue weighted by atomic mass is 9.84. The Morgan fingerprint density at radius 3 is 0.971 bits per heavy atom. The van der Waals surface area contributed by atoms with Gasteiger partial charge in [0.15, 0.2) is 0 Å². The zero-order chi connectivity index (χ0) is 25.7. The fourth-order valence-corrected chi connectivity index (χ4v) is 3.46. The first-order valence-corrected chi connectivity index (χ1v) is 12.5. The zero-order valence-corrected chi connectivity index (χ0v) is 22.5. The Labute approximate surface area is 207 Å². The number of aryl methyl sites for hydroxylation is 6. The highest BCUT2D eigenvalue weighted by atomic mass is 19.1. The first kappa shape index (κ1) is 29.6. The summed E-state index contributed by atoms with van der Waals surface area (Å²) >= 11 is 0. The minimum absolute atomic E-state index is 0.116. The highest BCUT2D eigenvalue weighted by molar-refractivity contribution is 5.22. The van der Waals surface area contributed by atoms with Gasteiger partial charge in [-0.3, -0.25) is 0 Å². The summed E-state index contributed by atoms with van der Waals surface area (Å²) in [6.45, 7) is 16.2. The number of halogens is 2. The third-order valence-corrected chi connectivity index (χ3v) is 6.18. The fraction of sp³-hybridized carbons (Fsp3) is 0.438.